The summed E-state index contributed by atoms with van der Waals surface area (Å²) in [5.74, 6) is -1.74. The zero-order valence-electron chi connectivity index (χ0n) is 2.65. The lowest BCUT2D eigenvalue weighted by atomic mass is 10.8. The van der Waals surface area contributed by atoms with E-state index in [4.69, 9.17) is 9.90 Å². The Hall–Kier alpha value is -0.120. The van der Waals surface area contributed by atoms with Crippen LogP contribution in [0.2, 0.25) is 0 Å². The van der Waals surface area contributed by atoms with E-state index in [1.807, 2.05) is 0 Å². The van der Waals surface area contributed by atoms with Crippen LogP contribution >= 0.6 is 15.9 Å². The molecule has 0 saturated heterocycles. The molecule has 0 fully saturated rings. The Morgan fingerprint density at radius 3 is 2.17 bits per heavy atom. The van der Waals surface area contributed by atoms with Crippen molar-refractivity contribution in [3.63, 3.8) is 0 Å². The van der Waals surface area contributed by atoms with Crippen molar-refractivity contribution < 1.29 is 14.3 Å². The average molecular weight is 156 g/mol. The summed E-state index contributed by atoms with van der Waals surface area (Å²) in [7, 11) is 0. The van der Waals surface area contributed by atoms with E-state index in [9.17, 15) is 4.39 Å². The number of aliphatic carboxylic acids is 1. The summed E-state index contributed by atoms with van der Waals surface area (Å²) in [5.41, 5.74) is 0. The number of carbonyl (C=O) groups is 1. The van der Waals surface area contributed by atoms with E-state index in [1.54, 1.807) is 0 Å². The molecule has 4 heteroatoms. The molecule has 2 nitrogen and oxygen atoms in total. The summed E-state index contributed by atoms with van der Waals surface area (Å²) in [4.78, 5) is 9.17. The molecule has 0 aromatic carbocycles. The van der Waals surface area contributed by atoms with Gasteiger partial charge in [0.25, 0.3) is 0 Å². The average Bonchev–Trinajstić information content (AvgIpc) is 1.36. The minimum Gasteiger partial charge on any atom is -0.546 e. The SMILES string of the molecule is O=C([O-])[C@@H](F)Br. The molecule has 0 aromatic rings. The predicted octanol–water partition coefficient (Wildman–Crippen LogP) is -0.573. The van der Waals surface area contributed by atoms with Crippen molar-refractivity contribution in [1.29, 1.82) is 0 Å². The first-order chi connectivity index (χ1) is 2.64. The first kappa shape index (κ1) is 5.88. The number of carboxylic acid groups (broad SMARTS) is 1. The van der Waals surface area contributed by atoms with E-state index in [0.717, 1.165) is 0 Å². The van der Waals surface area contributed by atoms with Crippen molar-refractivity contribution in [1.82, 2.24) is 0 Å². The van der Waals surface area contributed by atoms with Gasteiger partial charge in [-0.2, -0.15) is 0 Å². The van der Waals surface area contributed by atoms with Crippen LogP contribution in [0.5, 0.6) is 0 Å². The maximum absolute atomic E-state index is 11.1. The van der Waals surface area contributed by atoms with Gasteiger partial charge in [0.1, 0.15) is 0 Å². The zero-order valence-corrected chi connectivity index (χ0v) is 4.24. The molecule has 1 atom stereocenters. The second kappa shape index (κ2) is 2.12. The second-order valence-corrected chi connectivity index (χ2v) is 1.42. The fourth-order valence-corrected chi connectivity index (χ4v) is 0. The Labute approximate surface area is 42.1 Å². The molecule has 0 N–H and O–H groups in total. The quantitative estimate of drug-likeness (QED) is 0.476. The van der Waals surface area contributed by atoms with Crippen molar-refractivity contribution in [2.45, 2.75) is 5.08 Å². The molecule has 36 valence electrons. The van der Waals surface area contributed by atoms with Gasteiger partial charge in [-0.05, 0) is 15.9 Å². The molecule has 0 aliphatic heterocycles. The predicted molar refractivity (Wildman–Crippen MR) is 18.8 cm³/mol. The summed E-state index contributed by atoms with van der Waals surface area (Å²) in [6.45, 7) is 0. The maximum atomic E-state index is 11.1. The standard InChI is InChI=1S/C2H2BrFO2/c3-1(4)2(5)6/h1H,(H,5,6)/p-1/t1-/m1/s1. The Morgan fingerprint density at radius 2 is 2.17 bits per heavy atom. The van der Waals surface area contributed by atoms with Gasteiger partial charge in [0.15, 0.2) is 5.08 Å². The van der Waals surface area contributed by atoms with Crippen molar-refractivity contribution in [2.24, 2.45) is 0 Å². The third-order valence-corrected chi connectivity index (χ3v) is 0.552. The largest absolute Gasteiger partial charge is 0.546 e. The number of halogens is 2. The molecule has 0 unspecified atom stereocenters. The van der Waals surface area contributed by atoms with Gasteiger partial charge in [0.2, 0.25) is 0 Å². The number of hydrogen-bond acceptors (Lipinski definition) is 2. The van der Waals surface area contributed by atoms with Crippen LogP contribution in [-0.4, -0.2) is 11.1 Å². The van der Waals surface area contributed by atoms with Crippen LogP contribution in [-0.2, 0) is 4.79 Å². The van der Waals surface area contributed by atoms with Gasteiger partial charge < -0.3 is 9.90 Å². The van der Waals surface area contributed by atoms with Crippen LogP contribution in [0.1, 0.15) is 0 Å². The van der Waals surface area contributed by atoms with Gasteiger partial charge in [0, 0.05) is 0 Å². The summed E-state index contributed by atoms with van der Waals surface area (Å²) in [6, 6.07) is 0. The van der Waals surface area contributed by atoms with Gasteiger partial charge in [-0.15, -0.1) is 0 Å². The van der Waals surface area contributed by atoms with E-state index in [2.05, 4.69) is 15.9 Å². The first-order valence-corrected chi connectivity index (χ1v) is 2.05. The summed E-state index contributed by atoms with van der Waals surface area (Å²) in [5, 5.41) is 7.14. The van der Waals surface area contributed by atoms with Crippen LogP contribution in [0, 0.1) is 0 Å². The number of carbonyl (C=O) groups excluding carboxylic acids is 1. The van der Waals surface area contributed by atoms with Gasteiger partial charge >= 0.3 is 0 Å². The molecule has 0 rings (SSSR count). The smallest absolute Gasteiger partial charge is 0.194 e. The Morgan fingerprint density at radius 1 is 2.00 bits per heavy atom. The van der Waals surface area contributed by atoms with E-state index >= 15 is 0 Å². The molecule has 0 aliphatic carbocycles. The highest BCUT2D eigenvalue weighted by atomic mass is 79.9. The molecule has 0 radical (unpaired) electrons. The van der Waals surface area contributed by atoms with Gasteiger partial charge in [-0.1, -0.05) is 0 Å². The van der Waals surface area contributed by atoms with Crippen LogP contribution in [0.15, 0.2) is 0 Å². The fraction of sp³-hybridized carbons (Fsp3) is 0.500. The van der Waals surface area contributed by atoms with Crippen molar-refractivity contribution in [3.8, 4) is 0 Å². The van der Waals surface area contributed by atoms with Crippen LogP contribution in [0.3, 0.4) is 0 Å². The Bertz CT molecular complexity index is 62.6. The van der Waals surface area contributed by atoms with Crippen molar-refractivity contribution in [2.75, 3.05) is 0 Å². The van der Waals surface area contributed by atoms with Crippen LogP contribution in [0.4, 0.5) is 4.39 Å². The fourth-order valence-electron chi connectivity index (χ4n) is 0. The molecular formula is C2HBrFO2-. The third kappa shape index (κ3) is 2.14. The minimum absolute atomic E-state index is 1.74. The molecule has 0 saturated carbocycles. The number of rotatable bonds is 1. The third-order valence-electron chi connectivity index (χ3n) is 0.178. The molecule has 6 heavy (non-hydrogen) atoms. The monoisotopic (exact) mass is 155 g/mol. The number of alkyl halides is 2. The van der Waals surface area contributed by atoms with Gasteiger partial charge in [0.05, 0.1) is 5.97 Å². The lowest BCUT2D eigenvalue weighted by Gasteiger charge is -1.95. The Kier molecular flexibility index (Phi) is 2.08. The van der Waals surface area contributed by atoms with E-state index in [1.165, 1.54) is 0 Å². The van der Waals surface area contributed by atoms with E-state index < -0.39 is 11.1 Å². The molecule has 0 heterocycles. The number of hydrogen-bond donors (Lipinski definition) is 0. The highest BCUT2D eigenvalue weighted by molar-refractivity contribution is 9.09. The molecular weight excluding hydrogens is 155 g/mol. The normalized spacial score (nSPS) is 13.7. The topological polar surface area (TPSA) is 40.1 Å². The molecule has 0 spiro atoms. The molecule has 0 bridgehead atoms. The first-order valence-electron chi connectivity index (χ1n) is 1.13. The molecule has 0 amide bonds. The summed E-state index contributed by atoms with van der Waals surface area (Å²) in [6.07, 6.45) is 0. The number of carboxylic acids is 1. The van der Waals surface area contributed by atoms with Gasteiger partial charge in [-0.3, -0.25) is 0 Å². The van der Waals surface area contributed by atoms with Crippen molar-refractivity contribution in [3.05, 3.63) is 0 Å². The molecule has 0 aliphatic rings. The zero-order chi connectivity index (χ0) is 5.15. The van der Waals surface area contributed by atoms with Crippen molar-refractivity contribution >= 4 is 21.9 Å². The lowest BCUT2D eigenvalue weighted by Crippen LogP contribution is -2.28. The minimum atomic E-state index is -2.03. The van der Waals surface area contributed by atoms with E-state index in [0.29, 0.717) is 0 Å². The summed E-state index contributed by atoms with van der Waals surface area (Å²) < 4.78 is 11.1. The second-order valence-electron chi connectivity index (χ2n) is 0.620. The summed E-state index contributed by atoms with van der Waals surface area (Å²) >= 11 is 2.11. The van der Waals surface area contributed by atoms with Gasteiger partial charge in [-0.25, -0.2) is 4.39 Å². The highest BCUT2D eigenvalue weighted by Crippen LogP contribution is 1.95. The van der Waals surface area contributed by atoms with Crippen LogP contribution in [0.25, 0.3) is 0 Å². The maximum Gasteiger partial charge on any atom is 0.194 e. The Balaban J connectivity index is 3.26. The lowest BCUT2D eigenvalue weighted by molar-refractivity contribution is -0.307. The van der Waals surface area contributed by atoms with Crippen LogP contribution < -0.4 is 5.11 Å². The molecule has 0 aromatic heterocycles. The highest BCUT2D eigenvalue weighted by Gasteiger charge is 1.95. The van der Waals surface area contributed by atoms with E-state index in [-0.39, 0.29) is 0 Å².